The largest absolute Gasteiger partial charge is 0.481 e. The normalized spacial score (nSPS) is 20.1. The number of pyridine rings is 1. The van der Waals surface area contributed by atoms with Crippen LogP contribution in [0.1, 0.15) is 61.8 Å². The fourth-order valence-electron chi connectivity index (χ4n) is 5.90. The average Bonchev–Trinajstić information content (AvgIpc) is 3.58. The number of carboxylic acid groups (broad SMARTS) is 1. The van der Waals surface area contributed by atoms with Crippen LogP contribution in [0, 0.1) is 5.92 Å². The number of carboxylic acids is 1. The van der Waals surface area contributed by atoms with Crippen LogP contribution in [0.5, 0.6) is 11.5 Å². The number of likely N-dealkylation sites (tertiary alicyclic amines) is 1. The summed E-state index contributed by atoms with van der Waals surface area (Å²) in [5.74, 6) is -1.01. The molecule has 2 aromatic rings. The summed E-state index contributed by atoms with van der Waals surface area (Å²) in [7, 11) is 0. The first kappa shape index (κ1) is 29.8. The maximum Gasteiger partial charge on any atom is 0.308 e. The fourth-order valence-corrected chi connectivity index (χ4v) is 5.90. The zero-order chi connectivity index (χ0) is 28.5. The minimum absolute atomic E-state index is 0.0137. The molecule has 0 radical (unpaired) electrons. The molecule has 0 bridgehead atoms. The third kappa shape index (κ3) is 7.10. The Morgan fingerprint density at radius 3 is 2.70 bits per heavy atom. The van der Waals surface area contributed by atoms with Gasteiger partial charge in [0.2, 0.25) is 12.7 Å². The number of hydrogen-bond acceptors (Lipinski definition) is 8. The van der Waals surface area contributed by atoms with Crippen LogP contribution >= 0.6 is 0 Å². The third-order valence-electron chi connectivity index (χ3n) is 7.98. The Balaban J connectivity index is 1.62. The number of carbonyl (C=O) groups excluding carboxylic acids is 1. The molecule has 1 amide bonds. The second-order valence-corrected chi connectivity index (χ2v) is 10.6. The monoisotopic (exact) mass is 554 g/mol. The van der Waals surface area contributed by atoms with E-state index >= 15 is 0 Å². The number of benzene rings is 1. The van der Waals surface area contributed by atoms with E-state index in [-0.39, 0.29) is 37.8 Å². The van der Waals surface area contributed by atoms with Gasteiger partial charge in [0.25, 0.3) is 0 Å². The van der Waals surface area contributed by atoms with Crippen molar-refractivity contribution in [3.8, 4) is 11.5 Å². The van der Waals surface area contributed by atoms with Crippen molar-refractivity contribution in [1.29, 1.82) is 0 Å². The molecule has 218 valence electrons. The first-order valence-electron chi connectivity index (χ1n) is 14.3. The number of aliphatic hydroxyl groups is 1. The summed E-state index contributed by atoms with van der Waals surface area (Å²) in [5.41, 5.74) is 7.91. The molecule has 1 saturated heterocycles. The molecule has 1 fully saturated rings. The second kappa shape index (κ2) is 14.4. The summed E-state index contributed by atoms with van der Waals surface area (Å²) < 4.78 is 11.1. The topological polar surface area (TPSA) is 138 Å². The standard InChI is InChI=1S/C30H42N4O6/c1-2-3-13-33(14-7-5-11-31)27(36)18-34-17-24(21-15-22(19-35)29-26(16-21)39-20-40-29)28(30(37)38)25(34)10-9-23-8-4-6-12-32-23/h4,6,8,12,15-16,24-25,28,35H,2-3,5,7,9-11,13-14,17-20,31H2,1H3,(H,37,38)/t24-,25+,28-/m1/s1. The predicted octanol–water partition coefficient (Wildman–Crippen LogP) is 2.77. The van der Waals surface area contributed by atoms with Gasteiger partial charge in [-0.3, -0.25) is 19.5 Å². The Bertz CT molecular complexity index is 1130. The molecule has 2 aliphatic heterocycles. The Morgan fingerprint density at radius 2 is 2.00 bits per heavy atom. The SMILES string of the molecule is CCCCN(CCCCN)C(=O)CN1C[C@H](c2cc(CO)c3c(c2)OCO3)[C@@H](C(=O)O)[C@@H]1CCc1ccccn1. The highest BCUT2D eigenvalue weighted by Gasteiger charge is 2.47. The number of unbranched alkanes of at least 4 members (excludes halogenated alkanes) is 2. The zero-order valence-corrected chi connectivity index (χ0v) is 23.3. The van der Waals surface area contributed by atoms with E-state index in [1.807, 2.05) is 40.1 Å². The molecule has 1 aromatic heterocycles. The number of hydrogen-bond donors (Lipinski definition) is 3. The van der Waals surface area contributed by atoms with Gasteiger partial charge in [-0.15, -0.1) is 0 Å². The van der Waals surface area contributed by atoms with Crippen LogP contribution in [0.25, 0.3) is 0 Å². The lowest BCUT2D eigenvalue weighted by Gasteiger charge is -2.29. The number of ether oxygens (including phenoxy) is 2. The third-order valence-corrected chi connectivity index (χ3v) is 7.98. The minimum Gasteiger partial charge on any atom is -0.481 e. The lowest BCUT2D eigenvalue weighted by molar-refractivity contribution is -0.143. The molecular formula is C30H42N4O6. The van der Waals surface area contributed by atoms with Crippen LogP contribution in [-0.2, 0) is 22.6 Å². The van der Waals surface area contributed by atoms with Crippen molar-refractivity contribution in [2.75, 3.05) is 39.5 Å². The van der Waals surface area contributed by atoms with Gasteiger partial charge in [-0.25, -0.2) is 0 Å². The van der Waals surface area contributed by atoms with Crippen LogP contribution in [0.3, 0.4) is 0 Å². The number of rotatable bonds is 15. The number of aromatic nitrogens is 1. The summed E-state index contributed by atoms with van der Waals surface area (Å²) in [6, 6.07) is 8.99. The number of nitrogens with zero attached hydrogens (tertiary/aromatic N) is 3. The van der Waals surface area contributed by atoms with E-state index in [1.165, 1.54) is 0 Å². The molecule has 2 aliphatic rings. The van der Waals surface area contributed by atoms with E-state index in [1.54, 1.807) is 6.20 Å². The predicted molar refractivity (Wildman–Crippen MR) is 150 cm³/mol. The summed E-state index contributed by atoms with van der Waals surface area (Å²) in [4.78, 5) is 34.8. The number of aryl methyl sites for hydroxylation is 1. The van der Waals surface area contributed by atoms with Crippen molar-refractivity contribution >= 4 is 11.9 Å². The van der Waals surface area contributed by atoms with Gasteiger partial charge < -0.3 is 30.3 Å². The van der Waals surface area contributed by atoms with Crippen molar-refractivity contribution in [3.05, 3.63) is 53.3 Å². The van der Waals surface area contributed by atoms with Gasteiger partial charge in [-0.1, -0.05) is 19.4 Å². The summed E-state index contributed by atoms with van der Waals surface area (Å²) in [6.45, 7) is 4.39. The molecule has 0 spiro atoms. The molecule has 0 saturated carbocycles. The highest BCUT2D eigenvalue weighted by Crippen LogP contribution is 2.44. The van der Waals surface area contributed by atoms with Crippen molar-refractivity contribution < 1.29 is 29.3 Å². The van der Waals surface area contributed by atoms with Gasteiger partial charge in [0.05, 0.1) is 19.1 Å². The van der Waals surface area contributed by atoms with Crippen LogP contribution in [0.2, 0.25) is 0 Å². The molecule has 0 aliphatic carbocycles. The van der Waals surface area contributed by atoms with Crippen molar-refractivity contribution in [3.63, 3.8) is 0 Å². The van der Waals surface area contributed by atoms with Crippen molar-refractivity contribution in [2.45, 2.75) is 64.0 Å². The fraction of sp³-hybridized carbons (Fsp3) is 0.567. The average molecular weight is 555 g/mol. The van der Waals surface area contributed by atoms with Crippen molar-refractivity contribution in [1.82, 2.24) is 14.8 Å². The molecule has 10 heteroatoms. The molecule has 3 atom stereocenters. The van der Waals surface area contributed by atoms with Crippen LogP contribution < -0.4 is 15.2 Å². The van der Waals surface area contributed by atoms with E-state index in [4.69, 9.17) is 15.2 Å². The van der Waals surface area contributed by atoms with E-state index in [0.717, 1.165) is 36.9 Å². The molecule has 4 N–H and O–H groups in total. The van der Waals surface area contributed by atoms with Crippen LogP contribution in [0.4, 0.5) is 0 Å². The number of amides is 1. The smallest absolute Gasteiger partial charge is 0.308 e. The number of fused-ring (bicyclic) bond motifs is 1. The maximum atomic E-state index is 13.6. The first-order valence-corrected chi connectivity index (χ1v) is 14.3. The first-order chi connectivity index (χ1) is 19.5. The molecule has 40 heavy (non-hydrogen) atoms. The van der Waals surface area contributed by atoms with E-state index in [9.17, 15) is 19.8 Å². The lowest BCUT2D eigenvalue weighted by Crippen LogP contribution is -2.45. The quantitative estimate of drug-likeness (QED) is 0.284. The van der Waals surface area contributed by atoms with Gasteiger partial charge in [0.15, 0.2) is 11.5 Å². The number of nitrogens with two attached hydrogens (primary N) is 1. The molecule has 0 unspecified atom stereocenters. The maximum absolute atomic E-state index is 13.6. The van der Waals surface area contributed by atoms with Crippen LogP contribution in [0.15, 0.2) is 36.5 Å². The second-order valence-electron chi connectivity index (χ2n) is 10.6. The molecule has 3 heterocycles. The van der Waals surface area contributed by atoms with Gasteiger partial charge in [0, 0.05) is 49.0 Å². The van der Waals surface area contributed by atoms with E-state index in [0.29, 0.717) is 56.1 Å². The number of aliphatic carboxylic acids is 1. The number of aliphatic hydroxyl groups excluding tert-OH is 1. The Kier molecular flexibility index (Phi) is 10.7. The van der Waals surface area contributed by atoms with E-state index < -0.39 is 11.9 Å². The van der Waals surface area contributed by atoms with Crippen LogP contribution in [-0.4, -0.2) is 82.4 Å². The molecule has 1 aromatic carbocycles. The highest BCUT2D eigenvalue weighted by atomic mass is 16.7. The Labute approximate surface area is 236 Å². The zero-order valence-electron chi connectivity index (χ0n) is 23.3. The summed E-state index contributed by atoms with van der Waals surface area (Å²) >= 11 is 0. The van der Waals surface area contributed by atoms with E-state index in [2.05, 4.69) is 11.9 Å². The van der Waals surface area contributed by atoms with Gasteiger partial charge in [-0.2, -0.15) is 0 Å². The minimum atomic E-state index is -0.903. The van der Waals surface area contributed by atoms with Gasteiger partial charge in [-0.05, 0) is 68.5 Å². The lowest BCUT2D eigenvalue weighted by atomic mass is 9.83. The highest BCUT2D eigenvalue weighted by molar-refractivity contribution is 5.79. The molecular weight excluding hydrogens is 512 g/mol. The Morgan fingerprint density at radius 1 is 1.18 bits per heavy atom. The number of carbonyl (C=O) groups is 2. The molecule has 4 rings (SSSR count). The van der Waals surface area contributed by atoms with Gasteiger partial charge in [0.1, 0.15) is 0 Å². The van der Waals surface area contributed by atoms with Crippen molar-refractivity contribution in [2.24, 2.45) is 11.7 Å². The van der Waals surface area contributed by atoms with Gasteiger partial charge >= 0.3 is 5.97 Å². The summed E-state index contributed by atoms with van der Waals surface area (Å²) in [5, 5.41) is 20.5. The Hall–Kier alpha value is -3.21. The summed E-state index contributed by atoms with van der Waals surface area (Å²) in [6.07, 6.45) is 6.49. The molecule has 10 nitrogen and oxygen atoms in total.